The highest BCUT2D eigenvalue weighted by Crippen LogP contribution is 2.21. The summed E-state index contributed by atoms with van der Waals surface area (Å²) in [5, 5.41) is 8.76. The molecule has 110 valence electrons. The summed E-state index contributed by atoms with van der Waals surface area (Å²) in [5.74, 6) is -1.52. The highest BCUT2D eigenvalue weighted by Gasteiger charge is 2.36. The van der Waals surface area contributed by atoms with Crippen molar-refractivity contribution in [1.29, 1.82) is 0 Å². The van der Waals surface area contributed by atoms with E-state index in [1.165, 1.54) is 9.21 Å². The van der Waals surface area contributed by atoms with Crippen molar-refractivity contribution in [1.82, 2.24) is 9.21 Å². The minimum Gasteiger partial charge on any atom is -0.480 e. The molecule has 0 radical (unpaired) electrons. The number of nitrogens with zero attached hydrogens (tertiary/aromatic N) is 2. The third-order valence-corrected chi connectivity index (χ3v) is 4.47. The van der Waals surface area contributed by atoms with Crippen LogP contribution in [0.15, 0.2) is 0 Å². The van der Waals surface area contributed by atoms with Crippen LogP contribution in [0.4, 0.5) is 0 Å². The molecule has 0 aromatic carbocycles. The van der Waals surface area contributed by atoms with Crippen LogP contribution < -0.4 is 0 Å². The van der Waals surface area contributed by atoms with E-state index in [-0.39, 0.29) is 6.54 Å². The minimum atomic E-state index is -3.45. The van der Waals surface area contributed by atoms with Crippen molar-refractivity contribution in [2.24, 2.45) is 0 Å². The van der Waals surface area contributed by atoms with Crippen molar-refractivity contribution in [3.63, 3.8) is 0 Å². The summed E-state index contributed by atoms with van der Waals surface area (Å²) in [7, 11) is -3.45. The number of hydrogen-bond acceptors (Lipinski definition) is 4. The molecule has 0 spiro atoms. The monoisotopic (exact) mass is 292 g/mol. The molecule has 0 saturated carbocycles. The lowest BCUT2D eigenvalue weighted by atomic mass is 10.0. The fourth-order valence-corrected chi connectivity index (χ4v) is 3.39. The Balaban J connectivity index is 2.90. The molecular formula is C11H20N2O5S. The Morgan fingerprint density at radius 1 is 1.37 bits per heavy atom. The van der Waals surface area contributed by atoms with Crippen LogP contribution in [0.25, 0.3) is 0 Å². The number of carboxylic acids is 1. The molecule has 0 aromatic heterocycles. The predicted octanol–water partition coefficient (Wildman–Crippen LogP) is -0.266. The van der Waals surface area contributed by atoms with E-state index in [0.717, 1.165) is 19.1 Å². The Morgan fingerprint density at radius 2 is 2.00 bits per heavy atom. The molecule has 1 aliphatic rings. The van der Waals surface area contributed by atoms with E-state index < -0.39 is 34.5 Å². The maximum atomic E-state index is 12.3. The van der Waals surface area contributed by atoms with Gasteiger partial charge < -0.3 is 10.0 Å². The Hall–Kier alpha value is -1.15. The second kappa shape index (κ2) is 6.33. The first-order valence-corrected chi connectivity index (χ1v) is 8.09. The summed E-state index contributed by atoms with van der Waals surface area (Å²) in [5.41, 5.74) is 0. The summed E-state index contributed by atoms with van der Waals surface area (Å²) in [6.45, 7) is 1.84. The SMILES string of the molecule is CCN(CC(=O)O)C(=O)[C@H]1CCCCN1S(C)(=O)=O. The van der Waals surface area contributed by atoms with E-state index >= 15 is 0 Å². The number of carboxylic acid groups (broad SMARTS) is 1. The number of amides is 1. The van der Waals surface area contributed by atoms with Gasteiger partial charge in [-0.2, -0.15) is 4.31 Å². The Morgan fingerprint density at radius 3 is 2.47 bits per heavy atom. The molecule has 0 aromatic rings. The van der Waals surface area contributed by atoms with Crippen LogP contribution >= 0.6 is 0 Å². The number of carbonyl (C=O) groups excluding carboxylic acids is 1. The van der Waals surface area contributed by atoms with Gasteiger partial charge in [-0.25, -0.2) is 8.42 Å². The summed E-state index contributed by atoms with van der Waals surface area (Å²) < 4.78 is 24.5. The molecule has 0 unspecified atom stereocenters. The number of rotatable bonds is 5. The van der Waals surface area contributed by atoms with E-state index in [2.05, 4.69) is 0 Å². The molecule has 1 N–H and O–H groups in total. The van der Waals surface area contributed by atoms with E-state index in [1.54, 1.807) is 6.92 Å². The van der Waals surface area contributed by atoms with Gasteiger partial charge >= 0.3 is 5.97 Å². The minimum absolute atomic E-state index is 0.249. The van der Waals surface area contributed by atoms with Gasteiger partial charge in [-0.3, -0.25) is 9.59 Å². The first-order valence-electron chi connectivity index (χ1n) is 6.24. The number of carbonyl (C=O) groups is 2. The Bertz CT molecular complexity index is 448. The second-order valence-electron chi connectivity index (χ2n) is 4.63. The average Bonchev–Trinajstić information content (AvgIpc) is 2.34. The fraction of sp³-hybridized carbons (Fsp3) is 0.818. The van der Waals surface area contributed by atoms with Crippen molar-refractivity contribution in [3.05, 3.63) is 0 Å². The zero-order chi connectivity index (χ0) is 14.6. The normalized spacial score (nSPS) is 21.1. The van der Waals surface area contributed by atoms with Gasteiger partial charge in [0.1, 0.15) is 12.6 Å². The van der Waals surface area contributed by atoms with Gasteiger partial charge in [0.25, 0.3) is 0 Å². The van der Waals surface area contributed by atoms with Crippen LogP contribution in [0.5, 0.6) is 0 Å². The zero-order valence-corrected chi connectivity index (χ0v) is 12.0. The topological polar surface area (TPSA) is 95.0 Å². The quantitative estimate of drug-likeness (QED) is 0.753. The molecule has 0 aliphatic carbocycles. The molecule has 8 heteroatoms. The largest absolute Gasteiger partial charge is 0.480 e. The predicted molar refractivity (Wildman–Crippen MR) is 69.1 cm³/mol. The van der Waals surface area contributed by atoms with Gasteiger partial charge in [-0.15, -0.1) is 0 Å². The number of hydrogen-bond donors (Lipinski definition) is 1. The lowest BCUT2D eigenvalue weighted by Crippen LogP contribution is -2.53. The molecule has 1 aliphatic heterocycles. The first kappa shape index (κ1) is 15.9. The Kier molecular flexibility index (Phi) is 5.30. The van der Waals surface area contributed by atoms with Gasteiger partial charge in [0.2, 0.25) is 15.9 Å². The summed E-state index contributed by atoms with van der Waals surface area (Å²) in [4.78, 5) is 24.2. The summed E-state index contributed by atoms with van der Waals surface area (Å²) in [6, 6.07) is -0.761. The van der Waals surface area contributed by atoms with Crippen molar-refractivity contribution >= 4 is 21.9 Å². The lowest BCUT2D eigenvalue weighted by Gasteiger charge is -2.35. The van der Waals surface area contributed by atoms with E-state index in [4.69, 9.17) is 5.11 Å². The number of piperidine rings is 1. The van der Waals surface area contributed by atoms with Crippen molar-refractivity contribution in [2.75, 3.05) is 25.9 Å². The molecule has 1 amide bonds. The molecule has 7 nitrogen and oxygen atoms in total. The standard InChI is InChI=1S/C11H20N2O5S/c1-3-12(8-10(14)15)11(16)9-6-4-5-7-13(9)19(2,17)18/h9H,3-8H2,1-2H3,(H,14,15)/t9-/m1/s1. The molecule has 19 heavy (non-hydrogen) atoms. The van der Waals surface area contributed by atoms with Crippen LogP contribution in [0.1, 0.15) is 26.2 Å². The van der Waals surface area contributed by atoms with Gasteiger partial charge in [-0.05, 0) is 19.8 Å². The molecule has 1 heterocycles. The van der Waals surface area contributed by atoms with Crippen molar-refractivity contribution in [3.8, 4) is 0 Å². The number of sulfonamides is 1. The maximum Gasteiger partial charge on any atom is 0.323 e. The molecule has 1 fully saturated rings. The zero-order valence-electron chi connectivity index (χ0n) is 11.2. The van der Waals surface area contributed by atoms with Crippen molar-refractivity contribution in [2.45, 2.75) is 32.2 Å². The fourth-order valence-electron chi connectivity index (χ4n) is 2.27. The molecule has 1 rings (SSSR count). The van der Waals surface area contributed by atoms with Gasteiger partial charge in [0.15, 0.2) is 0 Å². The molecular weight excluding hydrogens is 272 g/mol. The molecule has 1 saturated heterocycles. The van der Waals surface area contributed by atoms with Gasteiger partial charge in [0, 0.05) is 13.1 Å². The van der Waals surface area contributed by atoms with Gasteiger partial charge in [0.05, 0.1) is 6.26 Å². The van der Waals surface area contributed by atoms with E-state index in [0.29, 0.717) is 13.0 Å². The van der Waals surface area contributed by atoms with Crippen LogP contribution in [0.2, 0.25) is 0 Å². The van der Waals surface area contributed by atoms with Crippen LogP contribution in [0, 0.1) is 0 Å². The Labute approximate surface area is 113 Å². The lowest BCUT2D eigenvalue weighted by molar-refractivity contribution is -0.146. The molecule has 0 bridgehead atoms. The maximum absolute atomic E-state index is 12.3. The highest BCUT2D eigenvalue weighted by atomic mass is 32.2. The average molecular weight is 292 g/mol. The van der Waals surface area contributed by atoms with E-state index in [1.807, 2.05) is 0 Å². The highest BCUT2D eigenvalue weighted by molar-refractivity contribution is 7.88. The number of likely N-dealkylation sites (N-methyl/N-ethyl adjacent to an activating group) is 1. The van der Waals surface area contributed by atoms with E-state index in [9.17, 15) is 18.0 Å². The second-order valence-corrected chi connectivity index (χ2v) is 6.57. The summed E-state index contributed by atoms with van der Waals surface area (Å²) >= 11 is 0. The van der Waals surface area contributed by atoms with Crippen molar-refractivity contribution < 1.29 is 23.1 Å². The van der Waals surface area contributed by atoms with Crippen LogP contribution in [-0.2, 0) is 19.6 Å². The van der Waals surface area contributed by atoms with Crippen LogP contribution in [0.3, 0.4) is 0 Å². The van der Waals surface area contributed by atoms with Crippen LogP contribution in [-0.4, -0.2) is 66.5 Å². The number of aliphatic carboxylic acids is 1. The summed E-state index contributed by atoms with van der Waals surface area (Å²) in [6.07, 6.45) is 3.02. The molecule has 1 atom stereocenters. The first-order chi connectivity index (χ1) is 8.77. The smallest absolute Gasteiger partial charge is 0.323 e. The third-order valence-electron chi connectivity index (χ3n) is 3.18. The third kappa shape index (κ3) is 4.17. The van der Waals surface area contributed by atoms with Gasteiger partial charge in [-0.1, -0.05) is 6.42 Å².